The molecule has 3 rings (SSSR count). The number of carbonyl (C=O) groups excluding carboxylic acids is 1. The lowest BCUT2D eigenvalue weighted by Gasteiger charge is -2.14. The molecule has 3 atom stereocenters. The molecule has 1 heterocycles. The van der Waals surface area contributed by atoms with Crippen molar-refractivity contribution < 1.29 is 9.53 Å². The van der Waals surface area contributed by atoms with Gasteiger partial charge in [0.25, 0.3) is 0 Å². The van der Waals surface area contributed by atoms with Gasteiger partial charge in [0, 0.05) is 11.8 Å². The van der Waals surface area contributed by atoms with Gasteiger partial charge in [-0.3, -0.25) is 4.79 Å². The molecule has 1 aliphatic heterocycles. The minimum absolute atomic E-state index is 0.0815. The van der Waals surface area contributed by atoms with Crippen molar-refractivity contribution in [1.29, 1.82) is 0 Å². The van der Waals surface area contributed by atoms with Gasteiger partial charge in [-0.05, 0) is 5.56 Å². The normalized spacial score (nSPS) is 36.9. The molecule has 1 saturated carbocycles. The first-order valence-electron chi connectivity index (χ1n) is 5.19. The van der Waals surface area contributed by atoms with Crippen LogP contribution in [0.2, 0.25) is 0 Å². The highest BCUT2D eigenvalue weighted by Gasteiger charge is 2.71. The van der Waals surface area contributed by atoms with Crippen LogP contribution in [0.25, 0.3) is 0 Å². The molecule has 0 aromatic heterocycles. The maximum atomic E-state index is 11.3. The van der Waals surface area contributed by atoms with Gasteiger partial charge in [0.05, 0.1) is 6.42 Å². The summed E-state index contributed by atoms with van der Waals surface area (Å²) in [7, 11) is 0. The summed E-state index contributed by atoms with van der Waals surface area (Å²) < 4.78 is 5.50. The van der Waals surface area contributed by atoms with Crippen LogP contribution < -0.4 is 0 Å². The van der Waals surface area contributed by atoms with Gasteiger partial charge in [-0.2, -0.15) is 0 Å². The van der Waals surface area contributed by atoms with E-state index >= 15 is 0 Å². The lowest BCUT2D eigenvalue weighted by molar-refractivity contribution is -0.146. The number of rotatable bonds is 2. The molecule has 1 saturated heterocycles. The minimum Gasteiger partial charge on any atom is -0.453 e. The molecular weight excluding hydrogens is 188 g/mol. The van der Waals surface area contributed by atoms with Crippen LogP contribution >= 0.6 is 0 Å². The zero-order valence-corrected chi connectivity index (χ0v) is 8.35. The molecule has 0 spiro atoms. The van der Waals surface area contributed by atoms with Crippen molar-refractivity contribution in [3.8, 4) is 0 Å². The van der Waals surface area contributed by atoms with E-state index in [0.717, 1.165) is 5.56 Å². The smallest absolute Gasteiger partial charge is 0.307 e. The standard InChI is InChI=1S/C13H12O2/c1-2-10-11-8-12(14)15-13(10,11)9-6-4-3-5-7-9/h2-7,10-11H,1,8H2/t10-,11-,13+/m1/s1. The number of carbonyl (C=O) groups is 1. The number of esters is 1. The van der Waals surface area contributed by atoms with E-state index in [1.807, 2.05) is 36.4 Å². The number of hydrogen-bond acceptors (Lipinski definition) is 2. The molecule has 15 heavy (non-hydrogen) atoms. The molecule has 1 aromatic rings. The predicted octanol–water partition coefficient (Wildman–Crippen LogP) is 2.26. The summed E-state index contributed by atoms with van der Waals surface area (Å²) >= 11 is 0. The average Bonchev–Trinajstić information content (AvgIpc) is 2.72. The van der Waals surface area contributed by atoms with Gasteiger partial charge < -0.3 is 4.74 Å². The van der Waals surface area contributed by atoms with Gasteiger partial charge in [0.2, 0.25) is 0 Å². The molecule has 0 radical (unpaired) electrons. The second kappa shape index (κ2) is 2.72. The van der Waals surface area contributed by atoms with Crippen molar-refractivity contribution in [1.82, 2.24) is 0 Å². The van der Waals surface area contributed by atoms with Gasteiger partial charge in [-0.1, -0.05) is 36.4 Å². The lowest BCUT2D eigenvalue weighted by Crippen LogP contribution is -2.15. The highest BCUT2D eigenvalue weighted by molar-refractivity contribution is 5.76. The van der Waals surface area contributed by atoms with Crippen LogP contribution in [-0.2, 0) is 15.1 Å². The van der Waals surface area contributed by atoms with Gasteiger partial charge in [-0.15, -0.1) is 6.58 Å². The van der Waals surface area contributed by atoms with E-state index < -0.39 is 0 Å². The molecule has 0 bridgehead atoms. The lowest BCUT2D eigenvalue weighted by atomic mass is 10.1. The molecule has 1 aliphatic carbocycles. The SMILES string of the molecule is C=C[C@@H]1[C@H]2CC(=O)O[C@@]12c1ccccc1. The number of fused-ring (bicyclic) bond motifs is 1. The number of hydrogen-bond donors (Lipinski definition) is 0. The molecule has 0 N–H and O–H groups in total. The van der Waals surface area contributed by atoms with Gasteiger partial charge in [0.15, 0.2) is 0 Å². The fourth-order valence-electron chi connectivity index (χ4n) is 2.80. The maximum absolute atomic E-state index is 11.3. The fraction of sp³-hybridized carbons (Fsp3) is 0.308. The van der Waals surface area contributed by atoms with Crippen molar-refractivity contribution >= 4 is 5.97 Å². The van der Waals surface area contributed by atoms with Crippen LogP contribution in [0.3, 0.4) is 0 Å². The molecule has 0 unspecified atom stereocenters. The molecule has 1 aromatic carbocycles. The third-order valence-corrected chi connectivity index (χ3v) is 3.52. The summed E-state index contributed by atoms with van der Waals surface area (Å²) in [5, 5.41) is 0. The predicted molar refractivity (Wildman–Crippen MR) is 56.0 cm³/mol. The molecule has 0 amide bonds. The summed E-state index contributed by atoms with van der Waals surface area (Å²) in [5.41, 5.74) is 0.728. The quantitative estimate of drug-likeness (QED) is 0.540. The van der Waals surface area contributed by atoms with Gasteiger partial charge in [-0.25, -0.2) is 0 Å². The monoisotopic (exact) mass is 200 g/mol. The van der Waals surface area contributed by atoms with Crippen LogP contribution in [0.15, 0.2) is 43.0 Å². The maximum Gasteiger partial charge on any atom is 0.307 e. The van der Waals surface area contributed by atoms with E-state index in [-0.39, 0.29) is 11.6 Å². The van der Waals surface area contributed by atoms with Crippen LogP contribution in [0.4, 0.5) is 0 Å². The summed E-state index contributed by atoms with van der Waals surface area (Å²) in [6.45, 7) is 3.81. The summed E-state index contributed by atoms with van der Waals surface area (Å²) in [5.74, 6) is 0.532. The van der Waals surface area contributed by atoms with Crippen LogP contribution in [0, 0.1) is 11.8 Å². The highest BCUT2D eigenvalue weighted by Crippen LogP contribution is 2.66. The molecule has 2 aliphatic rings. The summed E-state index contributed by atoms with van der Waals surface area (Å²) in [6.07, 6.45) is 2.44. The summed E-state index contributed by atoms with van der Waals surface area (Å²) in [6, 6.07) is 9.97. The van der Waals surface area contributed by atoms with Crippen molar-refractivity contribution in [2.45, 2.75) is 12.0 Å². The van der Waals surface area contributed by atoms with E-state index in [9.17, 15) is 4.79 Å². The molecule has 2 nitrogen and oxygen atoms in total. The Labute approximate surface area is 88.6 Å². The Hall–Kier alpha value is -1.57. The Morgan fingerprint density at radius 1 is 1.40 bits per heavy atom. The largest absolute Gasteiger partial charge is 0.453 e. The topological polar surface area (TPSA) is 26.3 Å². The van der Waals surface area contributed by atoms with Crippen molar-refractivity contribution in [2.75, 3.05) is 0 Å². The Morgan fingerprint density at radius 2 is 2.13 bits per heavy atom. The van der Waals surface area contributed by atoms with E-state index in [1.165, 1.54) is 0 Å². The third-order valence-electron chi connectivity index (χ3n) is 3.52. The Balaban J connectivity index is 2.04. The Kier molecular flexibility index (Phi) is 1.58. The molecule has 2 heteroatoms. The minimum atomic E-state index is -0.375. The number of benzene rings is 1. The van der Waals surface area contributed by atoms with E-state index in [2.05, 4.69) is 6.58 Å². The molecule has 76 valence electrons. The van der Waals surface area contributed by atoms with Gasteiger partial charge in [0.1, 0.15) is 5.60 Å². The van der Waals surface area contributed by atoms with Crippen LogP contribution in [-0.4, -0.2) is 5.97 Å². The summed E-state index contributed by atoms with van der Waals surface area (Å²) in [4.78, 5) is 11.3. The van der Waals surface area contributed by atoms with Crippen LogP contribution in [0.5, 0.6) is 0 Å². The molecular formula is C13H12O2. The second-order valence-corrected chi connectivity index (χ2v) is 4.21. The van der Waals surface area contributed by atoms with Crippen molar-refractivity contribution in [2.24, 2.45) is 11.8 Å². The van der Waals surface area contributed by atoms with Crippen LogP contribution in [0.1, 0.15) is 12.0 Å². The number of ether oxygens (including phenoxy) is 1. The first-order valence-corrected chi connectivity index (χ1v) is 5.19. The van der Waals surface area contributed by atoms with Crippen molar-refractivity contribution in [3.05, 3.63) is 48.6 Å². The van der Waals surface area contributed by atoms with Crippen molar-refractivity contribution in [3.63, 3.8) is 0 Å². The first-order chi connectivity index (χ1) is 7.29. The van der Waals surface area contributed by atoms with E-state index in [4.69, 9.17) is 4.74 Å². The van der Waals surface area contributed by atoms with E-state index in [0.29, 0.717) is 18.3 Å². The van der Waals surface area contributed by atoms with E-state index in [1.54, 1.807) is 0 Å². The Morgan fingerprint density at radius 3 is 2.80 bits per heavy atom. The highest BCUT2D eigenvalue weighted by atomic mass is 16.6. The third kappa shape index (κ3) is 0.965. The Bertz CT molecular complexity index is 423. The fourth-order valence-corrected chi connectivity index (χ4v) is 2.80. The second-order valence-electron chi connectivity index (χ2n) is 4.21. The molecule has 2 fully saturated rings. The average molecular weight is 200 g/mol. The van der Waals surface area contributed by atoms with Gasteiger partial charge >= 0.3 is 5.97 Å². The zero-order valence-electron chi connectivity index (χ0n) is 8.35. The first kappa shape index (κ1) is 8.72. The zero-order chi connectivity index (χ0) is 10.5.